The second-order valence-corrected chi connectivity index (χ2v) is 5.92. The summed E-state index contributed by atoms with van der Waals surface area (Å²) < 4.78 is 15.7. The number of carbonyl (C=O) groups is 2. The minimum Gasteiger partial charge on any atom is -0.449 e. The topological polar surface area (TPSA) is 126 Å². The van der Waals surface area contributed by atoms with Crippen LogP contribution in [0.3, 0.4) is 0 Å². The molecule has 2 aliphatic heterocycles. The van der Waals surface area contributed by atoms with Gasteiger partial charge in [-0.3, -0.25) is 9.59 Å². The first-order valence-corrected chi connectivity index (χ1v) is 7.30. The van der Waals surface area contributed by atoms with E-state index in [9.17, 15) is 9.59 Å². The maximum absolute atomic E-state index is 12.2. The summed E-state index contributed by atoms with van der Waals surface area (Å²) in [6.45, 7) is 3.96. The van der Waals surface area contributed by atoms with Gasteiger partial charge in [0.05, 0.1) is 5.54 Å². The standard InChI is InChI=1S/C14H18N4O5/c1-14(2,18-11(20)7-4-3-5-21-7)13-16-8(10(15)19)9-12(17-13)23-6-22-9/h7H,3-6H2,1-2H3,(H2,15,19)(H,18,20)/t7-/m0/s1. The normalized spacial score (nSPS) is 19.7. The quantitative estimate of drug-likeness (QED) is 0.788. The van der Waals surface area contributed by atoms with Crippen molar-refractivity contribution in [3.63, 3.8) is 0 Å². The van der Waals surface area contributed by atoms with Gasteiger partial charge in [-0.05, 0) is 26.7 Å². The zero-order valence-corrected chi connectivity index (χ0v) is 12.9. The molecule has 1 fully saturated rings. The van der Waals surface area contributed by atoms with Gasteiger partial charge in [0.15, 0.2) is 11.5 Å². The molecule has 3 N–H and O–H groups in total. The Hall–Kier alpha value is -2.42. The number of nitrogens with zero attached hydrogens (tertiary/aromatic N) is 2. The highest BCUT2D eigenvalue weighted by Gasteiger charge is 2.35. The summed E-state index contributed by atoms with van der Waals surface area (Å²) in [4.78, 5) is 32.2. The third-order valence-electron chi connectivity index (χ3n) is 3.68. The van der Waals surface area contributed by atoms with Crippen LogP contribution in [0.2, 0.25) is 0 Å². The second kappa shape index (κ2) is 5.65. The van der Waals surface area contributed by atoms with E-state index >= 15 is 0 Å². The lowest BCUT2D eigenvalue weighted by molar-refractivity contribution is -0.131. The Morgan fingerprint density at radius 1 is 1.30 bits per heavy atom. The summed E-state index contributed by atoms with van der Waals surface area (Å²) >= 11 is 0. The number of ether oxygens (including phenoxy) is 3. The lowest BCUT2D eigenvalue weighted by Gasteiger charge is -2.26. The molecule has 1 aromatic rings. The van der Waals surface area contributed by atoms with Gasteiger partial charge in [-0.2, -0.15) is 4.98 Å². The zero-order chi connectivity index (χ0) is 16.6. The Morgan fingerprint density at radius 2 is 2.09 bits per heavy atom. The second-order valence-electron chi connectivity index (χ2n) is 5.92. The average Bonchev–Trinajstić information content (AvgIpc) is 3.16. The van der Waals surface area contributed by atoms with Gasteiger partial charge in [0.25, 0.3) is 11.8 Å². The van der Waals surface area contributed by atoms with E-state index < -0.39 is 17.6 Å². The Labute approximate surface area is 132 Å². The number of nitrogens with one attached hydrogen (secondary N) is 1. The Kier molecular flexibility index (Phi) is 3.80. The molecule has 0 saturated carbocycles. The van der Waals surface area contributed by atoms with E-state index in [0.717, 1.165) is 6.42 Å². The number of amides is 2. The first-order chi connectivity index (χ1) is 10.9. The maximum Gasteiger partial charge on any atom is 0.271 e. The fourth-order valence-electron chi connectivity index (χ4n) is 2.48. The fourth-order valence-corrected chi connectivity index (χ4v) is 2.48. The molecule has 1 aromatic heterocycles. The number of nitrogens with two attached hydrogens (primary N) is 1. The largest absolute Gasteiger partial charge is 0.449 e. The Morgan fingerprint density at radius 3 is 2.74 bits per heavy atom. The average molecular weight is 322 g/mol. The summed E-state index contributed by atoms with van der Waals surface area (Å²) in [6, 6.07) is 0. The van der Waals surface area contributed by atoms with Gasteiger partial charge in [-0.25, -0.2) is 4.98 Å². The molecular weight excluding hydrogens is 304 g/mol. The third kappa shape index (κ3) is 2.91. The van der Waals surface area contributed by atoms with Gasteiger partial charge >= 0.3 is 0 Å². The molecule has 9 heteroatoms. The highest BCUT2D eigenvalue weighted by Crippen LogP contribution is 2.34. The molecule has 1 atom stereocenters. The molecule has 0 spiro atoms. The number of fused-ring (bicyclic) bond motifs is 1. The molecule has 3 heterocycles. The van der Waals surface area contributed by atoms with E-state index in [-0.39, 0.29) is 35.8 Å². The minimum atomic E-state index is -0.936. The third-order valence-corrected chi connectivity index (χ3v) is 3.68. The molecule has 0 aromatic carbocycles. The number of primary amides is 1. The number of rotatable bonds is 4. The van der Waals surface area contributed by atoms with Gasteiger partial charge in [0, 0.05) is 6.61 Å². The molecule has 0 aliphatic carbocycles. The molecule has 2 aliphatic rings. The van der Waals surface area contributed by atoms with E-state index in [2.05, 4.69) is 15.3 Å². The zero-order valence-electron chi connectivity index (χ0n) is 12.9. The first kappa shape index (κ1) is 15.5. The van der Waals surface area contributed by atoms with Gasteiger partial charge in [-0.15, -0.1) is 0 Å². The van der Waals surface area contributed by atoms with Crippen molar-refractivity contribution in [1.82, 2.24) is 15.3 Å². The van der Waals surface area contributed by atoms with E-state index in [1.165, 1.54) is 0 Å². The van der Waals surface area contributed by atoms with E-state index in [4.69, 9.17) is 19.9 Å². The SMILES string of the molecule is CC(C)(NC(=O)[C@@H]1CCCO1)c1nc2c(c(C(N)=O)n1)OCO2. The van der Waals surface area contributed by atoms with Crippen LogP contribution in [0.5, 0.6) is 11.6 Å². The molecule has 9 nitrogen and oxygen atoms in total. The Bertz CT molecular complexity index is 655. The maximum atomic E-state index is 12.2. The highest BCUT2D eigenvalue weighted by atomic mass is 16.7. The van der Waals surface area contributed by atoms with Gasteiger partial charge in [0.1, 0.15) is 6.10 Å². The molecule has 124 valence electrons. The van der Waals surface area contributed by atoms with Crippen LogP contribution in [0.15, 0.2) is 0 Å². The molecule has 0 radical (unpaired) electrons. The highest BCUT2D eigenvalue weighted by molar-refractivity contribution is 5.94. The molecule has 3 rings (SSSR count). The van der Waals surface area contributed by atoms with Crippen molar-refractivity contribution < 1.29 is 23.8 Å². The van der Waals surface area contributed by atoms with Crippen molar-refractivity contribution in [2.24, 2.45) is 5.73 Å². The lowest BCUT2D eigenvalue weighted by atomic mass is 10.0. The summed E-state index contributed by atoms with van der Waals surface area (Å²) in [7, 11) is 0. The number of carbonyl (C=O) groups excluding carboxylic acids is 2. The van der Waals surface area contributed by atoms with Crippen molar-refractivity contribution in [2.45, 2.75) is 38.3 Å². The first-order valence-electron chi connectivity index (χ1n) is 7.30. The van der Waals surface area contributed by atoms with Gasteiger partial charge in [0.2, 0.25) is 18.4 Å². The van der Waals surface area contributed by atoms with Crippen LogP contribution in [0, 0.1) is 0 Å². The number of hydrogen-bond donors (Lipinski definition) is 2. The van der Waals surface area contributed by atoms with Crippen LogP contribution in [0.25, 0.3) is 0 Å². The predicted octanol–water partition coefficient (Wildman–Crippen LogP) is -0.165. The fraction of sp³-hybridized carbons (Fsp3) is 0.571. The monoisotopic (exact) mass is 322 g/mol. The number of hydrogen-bond acceptors (Lipinski definition) is 7. The smallest absolute Gasteiger partial charge is 0.271 e. The van der Waals surface area contributed by atoms with Crippen LogP contribution in [0.4, 0.5) is 0 Å². The van der Waals surface area contributed by atoms with Crippen molar-refractivity contribution in [3.8, 4) is 11.6 Å². The molecule has 1 saturated heterocycles. The molecule has 0 bridgehead atoms. The minimum absolute atomic E-state index is 0.0591. The summed E-state index contributed by atoms with van der Waals surface area (Å²) in [6.07, 6.45) is 1.06. The lowest BCUT2D eigenvalue weighted by Crippen LogP contribution is -2.47. The summed E-state index contributed by atoms with van der Waals surface area (Å²) in [5.74, 6) is -0.515. The van der Waals surface area contributed by atoms with Gasteiger partial charge in [-0.1, -0.05) is 0 Å². The van der Waals surface area contributed by atoms with Crippen LogP contribution in [-0.2, 0) is 15.1 Å². The van der Waals surface area contributed by atoms with E-state index in [1.54, 1.807) is 13.8 Å². The molecule has 23 heavy (non-hydrogen) atoms. The summed E-state index contributed by atoms with van der Waals surface area (Å²) in [5.41, 5.74) is 4.32. The van der Waals surface area contributed by atoms with Crippen molar-refractivity contribution in [1.29, 1.82) is 0 Å². The summed E-state index contributed by atoms with van der Waals surface area (Å²) in [5, 5.41) is 2.83. The molecular formula is C14H18N4O5. The number of aromatic nitrogens is 2. The Balaban J connectivity index is 1.88. The van der Waals surface area contributed by atoms with Crippen LogP contribution in [0.1, 0.15) is 43.0 Å². The van der Waals surface area contributed by atoms with E-state index in [1.807, 2.05) is 0 Å². The van der Waals surface area contributed by atoms with Crippen molar-refractivity contribution in [2.75, 3.05) is 13.4 Å². The van der Waals surface area contributed by atoms with E-state index in [0.29, 0.717) is 13.0 Å². The molecule has 0 unspecified atom stereocenters. The van der Waals surface area contributed by atoms with Crippen molar-refractivity contribution in [3.05, 3.63) is 11.5 Å². The predicted molar refractivity (Wildman–Crippen MR) is 76.8 cm³/mol. The van der Waals surface area contributed by atoms with Crippen LogP contribution < -0.4 is 20.5 Å². The van der Waals surface area contributed by atoms with Crippen LogP contribution >= 0.6 is 0 Å². The van der Waals surface area contributed by atoms with Gasteiger partial charge < -0.3 is 25.3 Å². The van der Waals surface area contributed by atoms with Crippen molar-refractivity contribution >= 4 is 11.8 Å². The van der Waals surface area contributed by atoms with Crippen LogP contribution in [-0.4, -0.2) is 41.3 Å². The molecule has 2 amide bonds.